The van der Waals surface area contributed by atoms with Gasteiger partial charge in [0.1, 0.15) is 46.0 Å². The summed E-state index contributed by atoms with van der Waals surface area (Å²) >= 11 is 0. The lowest BCUT2D eigenvalue weighted by atomic mass is 10.2. The van der Waals surface area contributed by atoms with E-state index in [1.807, 2.05) is 116 Å². The molecule has 0 saturated heterocycles. The van der Waals surface area contributed by atoms with Crippen LogP contribution in [0.25, 0.3) is 0 Å². The average Bonchev–Trinajstić information content (AvgIpc) is 2.89. The smallest absolute Gasteiger partial charge is 0.131 e. The van der Waals surface area contributed by atoms with Crippen molar-refractivity contribution in [1.82, 2.24) is 0 Å². The van der Waals surface area contributed by atoms with Gasteiger partial charge in [-0.15, -0.1) is 0 Å². The third-order valence-corrected chi connectivity index (χ3v) is 5.28. The molecule has 0 atom stereocenters. The Morgan fingerprint density at radius 3 is 1.06 bits per heavy atom. The lowest BCUT2D eigenvalue weighted by molar-refractivity contribution is 0.452. The first-order valence-electron chi connectivity index (χ1n) is 11.5. The number of aryl methyl sites for hydroxylation is 1. The van der Waals surface area contributed by atoms with Gasteiger partial charge in [-0.3, -0.25) is 0 Å². The van der Waals surface area contributed by atoms with Crippen LogP contribution in [0.3, 0.4) is 0 Å². The lowest BCUT2D eigenvalue weighted by Crippen LogP contribution is -1.89. The Bertz CT molecular complexity index is 1320. The molecule has 2 N–H and O–H groups in total. The molecule has 0 aromatic heterocycles. The summed E-state index contributed by atoms with van der Waals surface area (Å²) < 4.78 is 23.8. The summed E-state index contributed by atoms with van der Waals surface area (Å²) in [5.74, 6) is 5.58. The van der Waals surface area contributed by atoms with Crippen LogP contribution in [-0.4, -0.2) is 0 Å². The Kier molecular flexibility index (Phi) is 6.72. The summed E-state index contributed by atoms with van der Waals surface area (Å²) in [6, 6.07) is 37.6. The molecule has 178 valence electrons. The highest BCUT2D eigenvalue weighted by Gasteiger charge is 2.05. The van der Waals surface area contributed by atoms with Crippen LogP contribution in [0.5, 0.6) is 46.0 Å². The summed E-state index contributed by atoms with van der Waals surface area (Å²) in [5.41, 5.74) is 7.61. The van der Waals surface area contributed by atoms with Crippen molar-refractivity contribution in [1.29, 1.82) is 0 Å². The molecule has 5 nitrogen and oxygen atoms in total. The van der Waals surface area contributed by atoms with Crippen molar-refractivity contribution in [2.75, 3.05) is 5.73 Å². The predicted molar refractivity (Wildman–Crippen MR) is 142 cm³/mol. The topological polar surface area (TPSA) is 62.9 Å². The van der Waals surface area contributed by atoms with E-state index in [0.29, 0.717) is 45.9 Å². The summed E-state index contributed by atoms with van der Waals surface area (Å²) in [6.07, 6.45) is 0. The third kappa shape index (κ3) is 6.15. The highest BCUT2D eigenvalue weighted by molar-refractivity contribution is 5.45. The zero-order chi connectivity index (χ0) is 24.7. The van der Waals surface area contributed by atoms with Crippen LogP contribution in [0.1, 0.15) is 5.56 Å². The fourth-order valence-corrected chi connectivity index (χ4v) is 3.46. The normalized spacial score (nSPS) is 10.5. The maximum atomic E-state index is 6.01. The molecule has 0 aliphatic carbocycles. The van der Waals surface area contributed by atoms with Crippen LogP contribution in [-0.2, 0) is 0 Å². The molecule has 0 aliphatic rings. The molecule has 0 amide bonds. The Hall–Kier alpha value is -4.90. The van der Waals surface area contributed by atoms with Gasteiger partial charge in [0.05, 0.1) is 0 Å². The number of nitrogen functional groups attached to an aromatic ring is 1. The molecule has 0 spiro atoms. The van der Waals surface area contributed by atoms with Gasteiger partial charge in [-0.05, 0) is 91.9 Å². The highest BCUT2D eigenvalue weighted by atomic mass is 16.5. The Labute approximate surface area is 210 Å². The summed E-state index contributed by atoms with van der Waals surface area (Å²) in [4.78, 5) is 0. The van der Waals surface area contributed by atoms with Crippen LogP contribution in [0.15, 0.2) is 121 Å². The van der Waals surface area contributed by atoms with Gasteiger partial charge >= 0.3 is 0 Å². The molecule has 36 heavy (non-hydrogen) atoms. The van der Waals surface area contributed by atoms with Crippen LogP contribution in [0, 0.1) is 6.92 Å². The average molecular weight is 476 g/mol. The number of ether oxygens (including phenoxy) is 4. The number of benzene rings is 5. The number of nitrogens with two attached hydrogens (primary N) is 1. The SMILES string of the molecule is Cc1ccc(Oc2cccc(Oc3ccc(Oc4cccc(Oc5ccc(N)cc5)c4)cc3)c2)cc1. The van der Waals surface area contributed by atoms with Gasteiger partial charge in [0, 0.05) is 17.8 Å². The van der Waals surface area contributed by atoms with Crippen LogP contribution in [0.2, 0.25) is 0 Å². The second-order valence-corrected chi connectivity index (χ2v) is 8.21. The van der Waals surface area contributed by atoms with Crippen molar-refractivity contribution in [3.05, 3.63) is 127 Å². The molecule has 0 radical (unpaired) electrons. The highest BCUT2D eigenvalue weighted by Crippen LogP contribution is 2.32. The van der Waals surface area contributed by atoms with Crippen molar-refractivity contribution >= 4 is 5.69 Å². The molecule has 0 bridgehead atoms. The van der Waals surface area contributed by atoms with Crippen molar-refractivity contribution in [2.45, 2.75) is 6.92 Å². The minimum atomic E-state index is 0.664. The standard InChI is InChI=1S/C31H25NO4/c1-22-8-12-24(13-9-22)33-28-4-2-6-30(20-28)35-26-16-18-27(19-17-26)36-31-7-3-5-29(21-31)34-25-14-10-23(32)11-15-25/h2-21H,32H2,1H3. The summed E-state index contributed by atoms with van der Waals surface area (Å²) in [7, 11) is 0. The Morgan fingerprint density at radius 2 is 0.694 bits per heavy atom. The summed E-state index contributed by atoms with van der Waals surface area (Å²) in [5, 5.41) is 0. The van der Waals surface area contributed by atoms with E-state index in [2.05, 4.69) is 0 Å². The molecule has 0 saturated carbocycles. The third-order valence-electron chi connectivity index (χ3n) is 5.28. The molecule has 0 heterocycles. The zero-order valence-corrected chi connectivity index (χ0v) is 19.8. The molecule has 0 fully saturated rings. The lowest BCUT2D eigenvalue weighted by Gasteiger charge is -2.11. The second-order valence-electron chi connectivity index (χ2n) is 8.21. The van der Waals surface area contributed by atoms with Crippen molar-refractivity contribution in [3.8, 4) is 46.0 Å². The maximum absolute atomic E-state index is 6.01. The second kappa shape index (κ2) is 10.6. The number of anilines is 1. The molecule has 5 aromatic rings. The monoisotopic (exact) mass is 475 g/mol. The fraction of sp³-hybridized carbons (Fsp3) is 0.0323. The number of hydrogen-bond acceptors (Lipinski definition) is 5. The molecule has 0 unspecified atom stereocenters. The fourth-order valence-electron chi connectivity index (χ4n) is 3.46. The van der Waals surface area contributed by atoms with Gasteiger partial charge in [-0.2, -0.15) is 0 Å². The van der Waals surface area contributed by atoms with Gasteiger partial charge in [0.2, 0.25) is 0 Å². The first-order valence-corrected chi connectivity index (χ1v) is 11.5. The maximum Gasteiger partial charge on any atom is 0.131 e. The van der Waals surface area contributed by atoms with Gasteiger partial charge in [0.15, 0.2) is 0 Å². The van der Waals surface area contributed by atoms with Crippen LogP contribution >= 0.6 is 0 Å². The van der Waals surface area contributed by atoms with Crippen LogP contribution in [0.4, 0.5) is 5.69 Å². The summed E-state index contributed by atoms with van der Waals surface area (Å²) in [6.45, 7) is 2.04. The largest absolute Gasteiger partial charge is 0.457 e. The molecule has 5 rings (SSSR count). The zero-order valence-electron chi connectivity index (χ0n) is 19.8. The molecule has 0 aliphatic heterocycles. The van der Waals surface area contributed by atoms with E-state index >= 15 is 0 Å². The van der Waals surface area contributed by atoms with E-state index in [1.165, 1.54) is 5.56 Å². The van der Waals surface area contributed by atoms with Crippen LogP contribution < -0.4 is 24.7 Å². The molecule has 5 aromatic carbocycles. The van der Waals surface area contributed by atoms with Gasteiger partial charge < -0.3 is 24.7 Å². The van der Waals surface area contributed by atoms with E-state index in [1.54, 1.807) is 12.1 Å². The van der Waals surface area contributed by atoms with E-state index in [-0.39, 0.29) is 0 Å². The van der Waals surface area contributed by atoms with Crippen molar-refractivity contribution in [3.63, 3.8) is 0 Å². The predicted octanol–water partition coefficient (Wildman–Crippen LogP) is 8.75. The minimum Gasteiger partial charge on any atom is -0.457 e. The van der Waals surface area contributed by atoms with E-state index in [0.717, 1.165) is 5.75 Å². The van der Waals surface area contributed by atoms with E-state index in [4.69, 9.17) is 24.7 Å². The first-order chi connectivity index (χ1) is 17.6. The van der Waals surface area contributed by atoms with E-state index < -0.39 is 0 Å². The van der Waals surface area contributed by atoms with Gasteiger partial charge in [-0.1, -0.05) is 29.8 Å². The number of hydrogen-bond donors (Lipinski definition) is 1. The first kappa shape index (κ1) is 22.9. The minimum absolute atomic E-state index is 0.664. The van der Waals surface area contributed by atoms with Crippen molar-refractivity contribution in [2.24, 2.45) is 0 Å². The quantitative estimate of drug-likeness (QED) is 0.227. The molecular formula is C31H25NO4. The Morgan fingerprint density at radius 1 is 0.389 bits per heavy atom. The molecule has 5 heteroatoms. The molecular weight excluding hydrogens is 450 g/mol. The Balaban J connectivity index is 1.21. The van der Waals surface area contributed by atoms with Gasteiger partial charge in [0.25, 0.3) is 0 Å². The van der Waals surface area contributed by atoms with E-state index in [9.17, 15) is 0 Å². The number of rotatable bonds is 8. The van der Waals surface area contributed by atoms with Crippen molar-refractivity contribution < 1.29 is 18.9 Å². The van der Waals surface area contributed by atoms with Gasteiger partial charge in [-0.25, -0.2) is 0 Å².